The third-order valence-corrected chi connectivity index (χ3v) is 4.72. The first-order chi connectivity index (χ1) is 10.7. The largest absolute Gasteiger partial charge is 0.469 e. The topological polar surface area (TPSA) is 64.2 Å². The first kappa shape index (κ1) is 13.4. The Morgan fingerprint density at radius 3 is 3.09 bits per heavy atom. The number of aromatic nitrogens is 1. The molecule has 0 aromatic carbocycles. The van der Waals surface area contributed by atoms with Gasteiger partial charge in [-0.15, -0.1) is 0 Å². The fourth-order valence-electron chi connectivity index (χ4n) is 3.60. The summed E-state index contributed by atoms with van der Waals surface area (Å²) in [6, 6.07) is 5.29. The molecule has 114 valence electrons. The predicted molar refractivity (Wildman–Crippen MR) is 79.6 cm³/mol. The maximum absolute atomic E-state index is 12.7. The summed E-state index contributed by atoms with van der Waals surface area (Å²) in [6.45, 7) is 0. The van der Waals surface area contributed by atoms with Crippen LogP contribution in [0.2, 0.25) is 0 Å². The number of furan rings is 1. The average Bonchev–Trinajstić information content (AvgIpc) is 3.17. The van der Waals surface area contributed by atoms with Crippen molar-refractivity contribution in [2.24, 2.45) is 0 Å². The fraction of sp³-hybridized carbons (Fsp3) is 0.412. The highest BCUT2D eigenvalue weighted by Crippen LogP contribution is 2.32. The van der Waals surface area contributed by atoms with Gasteiger partial charge in [0, 0.05) is 24.6 Å². The Labute approximate surface area is 128 Å². The van der Waals surface area contributed by atoms with E-state index in [1.165, 1.54) is 0 Å². The Balaban J connectivity index is 1.55. The number of hydrogen-bond donors (Lipinski definition) is 1. The lowest BCUT2D eigenvalue weighted by Crippen LogP contribution is -2.38. The second-order valence-corrected chi connectivity index (χ2v) is 6.03. The number of nitrogens with one attached hydrogen (secondary N) is 1. The Bertz CT molecular complexity index is 728. The van der Waals surface area contributed by atoms with Gasteiger partial charge in [-0.1, -0.05) is 0 Å². The van der Waals surface area contributed by atoms with Crippen LogP contribution >= 0.6 is 0 Å². The average molecular weight is 298 g/mol. The van der Waals surface area contributed by atoms with E-state index in [2.05, 4.69) is 5.32 Å². The van der Waals surface area contributed by atoms with E-state index in [0.29, 0.717) is 18.5 Å². The van der Waals surface area contributed by atoms with Gasteiger partial charge in [-0.05, 0) is 37.5 Å². The summed E-state index contributed by atoms with van der Waals surface area (Å²) < 4.78 is 7.28. The number of carbonyl (C=O) groups is 2. The molecule has 2 aliphatic rings. The second-order valence-electron chi connectivity index (χ2n) is 6.03. The minimum absolute atomic E-state index is 0.0102. The quantitative estimate of drug-likeness (QED) is 0.927. The van der Waals surface area contributed by atoms with Gasteiger partial charge in [-0.2, -0.15) is 0 Å². The molecule has 0 spiro atoms. The smallest absolute Gasteiger partial charge is 0.243 e. The third-order valence-electron chi connectivity index (χ3n) is 4.72. The molecule has 5 nitrogen and oxygen atoms in total. The molecule has 22 heavy (non-hydrogen) atoms. The van der Waals surface area contributed by atoms with Crippen molar-refractivity contribution in [2.75, 3.05) is 0 Å². The standard InChI is InChI=1S/C17H18N2O3/c20-15-7-6-14(19-9-2-4-13(15)19)17(21)18-12-3-1-5-16-11(12)8-10-22-16/h2,4,8-10,12,14H,1,3,5-7H2,(H,18,21). The van der Waals surface area contributed by atoms with Crippen molar-refractivity contribution in [3.63, 3.8) is 0 Å². The van der Waals surface area contributed by atoms with Crippen LogP contribution in [0, 0.1) is 0 Å². The molecule has 4 rings (SSSR count). The Morgan fingerprint density at radius 2 is 2.18 bits per heavy atom. The molecule has 5 heteroatoms. The van der Waals surface area contributed by atoms with Gasteiger partial charge in [-0.25, -0.2) is 0 Å². The maximum atomic E-state index is 12.7. The lowest BCUT2D eigenvalue weighted by molar-refractivity contribution is -0.125. The van der Waals surface area contributed by atoms with Crippen molar-refractivity contribution in [3.05, 3.63) is 47.7 Å². The fourth-order valence-corrected chi connectivity index (χ4v) is 3.60. The summed E-state index contributed by atoms with van der Waals surface area (Å²) >= 11 is 0. The summed E-state index contributed by atoms with van der Waals surface area (Å²) in [4.78, 5) is 24.6. The van der Waals surface area contributed by atoms with E-state index in [9.17, 15) is 9.59 Å². The van der Waals surface area contributed by atoms with Crippen LogP contribution in [0.4, 0.5) is 0 Å². The number of rotatable bonds is 2. The van der Waals surface area contributed by atoms with Crippen LogP contribution in [0.5, 0.6) is 0 Å². The van der Waals surface area contributed by atoms with Crippen LogP contribution in [-0.2, 0) is 11.2 Å². The normalized spacial score (nSPS) is 23.7. The Hall–Kier alpha value is -2.30. The van der Waals surface area contributed by atoms with Crippen LogP contribution in [0.1, 0.15) is 59.6 Å². The highest BCUT2D eigenvalue weighted by molar-refractivity contribution is 5.97. The van der Waals surface area contributed by atoms with Gasteiger partial charge < -0.3 is 14.3 Å². The van der Waals surface area contributed by atoms with E-state index >= 15 is 0 Å². The van der Waals surface area contributed by atoms with E-state index in [0.717, 1.165) is 30.6 Å². The molecule has 0 fully saturated rings. The Kier molecular flexibility index (Phi) is 3.13. The van der Waals surface area contributed by atoms with E-state index in [4.69, 9.17) is 4.42 Å². The zero-order valence-corrected chi connectivity index (χ0v) is 12.2. The highest BCUT2D eigenvalue weighted by Gasteiger charge is 2.32. The number of aryl methyl sites for hydroxylation is 1. The number of amides is 1. The van der Waals surface area contributed by atoms with Gasteiger partial charge >= 0.3 is 0 Å². The predicted octanol–water partition coefficient (Wildman–Crippen LogP) is 2.79. The number of hydrogen-bond acceptors (Lipinski definition) is 3. The molecular weight excluding hydrogens is 280 g/mol. The molecule has 2 unspecified atom stereocenters. The molecule has 1 N–H and O–H groups in total. The summed E-state index contributed by atoms with van der Waals surface area (Å²) in [5.41, 5.74) is 1.73. The monoisotopic (exact) mass is 298 g/mol. The zero-order chi connectivity index (χ0) is 15.1. The molecule has 1 amide bonds. The molecule has 2 aromatic rings. The third kappa shape index (κ3) is 2.08. The van der Waals surface area contributed by atoms with E-state index in [-0.39, 0.29) is 23.8 Å². The first-order valence-corrected chi connectivity index (χ1v) is 7.81. The molecule has 0 bridgehead atoms. The Morgan fingerprint density at radius 1 is 1.27 bits per heavy atom. The number of fused-ring (bicyclic) bond motifs is 2. The van der Waals surface area contributed by atoms with Crippen molar-refractivity contribution in [3.8, 4) is 0 Å². The summed E-state index contributed by atoms with van der Waals surface area (Å²) in [5, 5.41) is 3.15. The van der Waals surface area contributed by atoms with Crippen LogP contribution < -0.4 is 5.32 Å². The van der Waals surface area contributed by atoms with Crippen LogP contribution in [-0.4, -0.2) is 16.3 Å². The molecule has 0 saturated heterocycles. The van der Waals surface area contributed by atoms with Crippen molar-refractivity contribution in [2.45, 2.75) is 44.2 Å². The van der Waals surface area contributed by atoms with Gasteiger partial charge in [0.05, 0.1) is 18.0 Å². The van der Waals surface area contributed by atoms with E-state index in [1.54, 1.807) is 16.9 Å². The summed E-state index contributed by atoms with van der Waals surface area (Å²) in [7, 11) is 0. The maximum Gasteiger partial charge on any atom is 0.243 e. The number of Topliss-reactive ketones (excluding diaryl/α,β-unsaturated/α-hetero) is 1. The van der Waals surface area contributed by atoms with Crippen molar-refractivity contribution >= 4 is 11.7 Å². The first-order valence-electron chi connectivity index (χ1n) is 7.81. The van der Waals surface area contributed by atoms with Crippen molar-refractivity contribution in [1.29, 1.82) is 0 Å². The number of carbonyl (C=O) groups excluding carboxylic acids is 2. The van der Waals surface area contributed by atoms with E-state index in [1.807, 2.05) is 18.3 Å². The number of nitrogens with zero attached hydrogens (tertiary/aromatic N) is 1. The molecule has 1 aliphatic heterocycles. The summed E-state index contributed by atoms with van der Waals surface area (Å²) in [5.74, 6) is 1.09. The van der Waals surface area contributed by atoms with Crippen molar-refractivity contribution in [1.82, 2.24) is 9.88 Å². The molecular formula is C17H18N2O3. The summed E-state index contributed by atoms with van der Waals surface area (Å²) in [6.07, 6.45) is 7.40. The van der Waals surface area contributed by atoms with Gasteiger partial charge in [-0.3, -0.25) is 9.59 Å². The van der Waals surface area contributed by atoms with Gasteiger partial charge in [0.1, 0.15) is 11.8 Å². The number of ketones is 1. The van der Waals surface area contributed by atoms with Gasteiger partial charge in [0.15, 0.2) is 5.78 Å². The zero-order valence-electron chi connectivity index (χ0n) is 12.2. The lowest BCUT2D eigenvalue weighted by atomic mass is 9.92. The minimum atomic E-state index is -0.292. The highest BCUT2D eigenvalue weighted by atomic mass is 16.3. The minimum Gasteiger partial charge on any atom is -0.469 e. The lowest BCUT2D eigenvalue weighted by Gasteiger charge is -2.28. The van der Waals surface area contributed by atoms with Crippen LogP contribution in [0.25, 0.3) is 0 Å². The van der Waals surface area contributed by atoms with E-state index < -0.39 is 0 Å². The van der Waals surface area contributed by atoms with Gasteiger partial charge in [0.25, 0.3) is 0 Å². The molecule has 0 saturated carbocycles. The molecule has 2 atom stereocenters. The SMILES string of the molecule is O=C1CCC(C(=O)NC2CCCc3occc32)n2cccc21. The molecule has 0 radical (unpaired) electrons. The molecule has 3 heterocycles. The second kappa shape index (κ2) is 5.16. The van der Waals surface area contributed by atoms with Crippen molar-refractivity contribution < 1.29 is 14.0 Å². The van der Waals surface area contributed by atoms with Crippen LogP contribution in [0.3, 0.4) is 0 Å². The molecule has 2 aromatic heterocycles. The van der Waals surface area contributed by atoms with Crippen LogP contribution in [0.15, 0.2) is 35.1 Å². The molecule has 1 aliphatic carbocycles. The van der Waals surface area contributed by atoms with Gasteiger partial charge in [0.2, 0.25) is 5.91 Å².